The molecule has 1 saturated heterocycles. The Morgan fingerprint density at radius 1 is 1.03 bits per heavy atom. The average Bonchev–Trinajstić information content (AvgIpc) is 2.99. The van der Waals surface area contributed by atoms with E-state index in [1.165, 1.54) is 6.07 Å². The minimum atomic E-state index is -4.52. The summed E-state index contributed by atoms with van der Waals surface area (Å²) in [6.45, 7) is 2.48. The Labute approximate surface area is 185 Å². The third-order valence-corrected chi connectivity index (χ3v) is 5.86. The topological polar surface area (TPSA) is 69.5 Å². The maximum atomic E-state index is 13.1. The number of hydrogen-bond donors (Lipinski definition) is 3. The van der Waals surface area contributed by atoms with Crippen LogP contribution < -0.4 is 10.6 Å². The Bertz CT molecular complexity index is 1010. The number of fused-ring (bicyclic) bond motifs is 1. The number of aromatic hydroxyl groups is 1. The van der Waals surface area contributed by atoms with Crippen LogP contribution in [0.15, 0.2) is 47.7 Å². The minimum Gasteiger partial charge on any atom is -0.507 e. The highest BCUT2D eigenvalue weighted by molar-refractivity contribution is 6.16. The van der Waals surface area contributed by atoms with Crippen molar-refractivity contribution in [3.63, 3.8) is 0 Å². The Balaban J connectivity index is 1.73. The van der Waals surface area contributed by atoms with Crippen LogP contribution in [0.25, 0.3) is 5.70 Å². The molecule has 8 heteroatoms. The van der Waals surface area contributed by atoms with Crippen LogP contribution in [-0.2, 0) is 6.18 Å². The van der Waals surface area contributed by atoms with E-state index in [9.17, 15) is 18.3 Å². The Hall–Kier alpha value is -2.87. The number of benzene rings is 1. The number of aromatic nitrogens is 1. The summed E-state index contributed by atoms with van der Waals surface area (Å²) in [5, 5.41) is 17.6. The van der Waals surface area contributed by atoms with E-state index < -0.39 is 17.5 Å². The standard InChI is InChI=1S/C24H27F3N4O/c25-24(26,27)16-6-7-19(22(32)14-16)23-18-9-13-29-15-20(18)21(5-1-2-11-30-23)31-17-4-3-10-28-12-8-17/h5-7,9,13-15,17,28,31-32H,1-4,8,10-12H2/b21-5-,30-23+. The van der Waals surface area contributed by atoms with E-state index in [4.69, 9.17) is 0 Å². The number of phenols is 1. The van der Waals surface area contributed by atoms with Gasteiger partial charge in [-0.15, -0.1) is 0 Å². The molecule has 0 spiro atoms. The Kier molecular flexibility index (Phi) is 6.79. The van der Waals surface area contributed by atoms with Crippen molar-refractivity contribution in [1.82, 2.24) is 15.6 Å². The number of rotatable bonds is 3. The molecule has 0 saturated carbocycles. The SMILES string of the molecule is Oc1cc(C(F)(F)F)ccc1/C1=N/CCC/C=C(\NC2CCCNCC2)c2cnccc21. The summed E-state index contributed by atoms with van der Waals surface area (Å²) >= 11 is 0. The summed E-state index contributed by atoms with van der Waals surface area (Å²) in [7, 11) is 0. The van der Waals surface area contributed by atoms with Crippen molar-refractivity contribution in [2.24, 2.45) is 4.99 Å². The highest BCUT2D eigenvalue weighted by Crippen LogP contribution is 2.34. The van der Waals surface area contributed by atoms with Crippen molar-refractivity contribution in [3.05, 3.63) is 65.0 Å². The van der Waals surface area contributed by atoms with Crippen LogP contribution in [0.3, 0.4) is 0 Å². The second kappa shape index (κ2) is 9.73. The Morgan fingerprint density at radius 3 is 2.72 bits per heavy atom. The molecular weight excluding hydrogens is 417 g/mol. The molecule has 5 nitrogen and oxygen atoms in total. The molecule has 3 heterocycles. The van der Waals surface area contributed by atoms with Gasteiger partial charge in [-0.05, 0) is 69.5 Å². The van der Waals surface area contributed by atoms with Crippen molar-refractivity contribution >= 4 is 11.4 Å². The fraction of sp³-hybridized carbons (Fsp3) is 0.417. The predicted molar refractivity (Wildman–Crippen MR) is 119 cm³/mol. The molecular formula is C24H27F3N4O. The lowest BCUT2D eigenvalue weighted by molar-refractivity contribution is -0.137. The van der Waals surface area contributed by atoms with E-state index in [1.807, 2.05) is 0 Å². The van der Waals surface area contributed by atoms with Crippen molar-refractivity contribution in [2.75, 3.05) is 19.6 Å². The van der Waals surface area contributed by atoms with Gasteiger partial charge in [-0.3, -0.25) is 9.98 Å². The van der Waals surface area contributed by atoms with Gasteiger partial charge in [0.25, 0.3) is 0 Å². The van der Waals surface area contributed by atoms with Crippen molar-refractivity contribution < 1.29 is 18.3 Å². The monoisotopic (exact) mass is 444 g/mol. The van der Waals surface area contributed by atoms with Crippen LogP contribution in [-0.4, -0.2) is 41.5 Å². The first-order chi connectivity index (χ1) is 15.4. The number of halogens is 3. The minimum absolute atomic E-state index is 0.283. The van der Waals surface area contributed by atoms with Crippen molar-refractivity contribution in [3.8, 4) is 5.75 Å². The summed E-state index contributed by atoms with van der Waals surface area (Å²) in [5.41, 5.74) is 2.41. The van der Waals surface area contributed by atoms with Crippen LogP contribution >= 0.6 is 0 Å². The fourth-order valence-corrected chi connectivity index (χ4v) is 4.20. The molecule has 3 N–H and O–H groups in total. The van der Waals surface area contributed by atoms with Gasteiger partial charge < -0.3 is 15.7 Å². The molecule has 1 aromatic carbocycles. The number of aliphatic imine (C=N–C) groups is 1. The zero-order valence-electron chi connectivity index (χ0n) is 17.8. The molecule has 1 fully saturated rings. The van der Waals surface area contributed by atoms with E-state index in [0.29, 0.717) is 18.3 Å². The summed E-state index contributed by atoms with van der Waals surface area (Å²) in [5.74, 6) is -0.436. The molecule has 1 aromatic heterocycles. The van der Waals surface area contributed by atoms with Gasteiger partial charge in [0, 0.05) is 47.4 Å². The second-order valence-electron chi connectivity index (χ2n) is 8.16. The van der Waals surface area contributed by atoms with Gasteiger partial charge in [-0.1, -0.05) is 6.08 Å². The zero-order valence-corrected chi connectivity index (χ0v) is 17.8. The van der Waals surface area contributed by atoms with Gasteiger partial charge in [0.1, 0.15) is 5.75 Å². The molecule has 0 radical (unpaired) electrons. The number of nitrogens with one attached hydrogen (secondary N) is 2. The van der Waals surface area contributed by atoms with E-state index in [1.54, 1.807) is 18.5 Å². The first-order valence-electron chi connectivity index (χ1n) is 11.0. The number of nitrogens with zero attached hydrogens (tertiary/aromatic N) is 2. The third-order valence-electron chi connectivity index (χ3n) is 5.86. The highest BCUT2D eigenvalue weighted by Gasteiger charge is 2.31. The zero-order chi connectivity index (χ0) is 22.6. The molecule has 1 unspecified atom stereocenters. The molecule has 0 bridgehead atoms. The first-order valence-corrected chi connectivity index (χ1v) is 11.0. The number of phenolic OH excluding ortho intramolecular Hbond substituents is 1. The van der Waals surface area contributed by atoms with E-state index in [-0.39, 0.29) is 5.56 Å². The second-order valence-corrected chi connectivity index (χ2v) is 8.16. The Morgan fingerprint density at radius 2 is 1.91 bits per heavy atom. The molecule has 2 aliphatic rings. The molecule has 0 amide bonds. The van der Waals surface area contributed by atoms with Crippen LogP contribution in [0.5, 0.6) is 5.75 Å². The lowest BCUT2D eigenvalue weighted by atomic mass is 9.95. The van der Waals surface area contributed by atoms with E-state index in [2.05, 4.69) is 26.7 Å². The molecule has 2 aliphatic heterocycles. The number of alkyl halides is 3. The number of hydrogen-bond acceptors (Lipinski definition) is 5. The van der Waals surface area contributed by atoms with Crippen LogP contribution in [0.1, 0.15) is 54.4 Å². The molecule has 1 atom stereocenters. The van der Waals surface area contributed by atoms with Gasteiger partial charge in [-0.2, -0.15) is 13.2 Å². The van der Waals surface area contributed by atoms with Crippen molar-refractivity contribution in [1.29, 1.82) is 0 Å². The lowest BCUT2D eigenvalue weighted by Gasteiger charge is -2.22. The maximum Gasteiger partial charge on any atom is 0.416 e. The van der Waals surface area contributed by atoms with E-state index in [0.717, 1.165) is 74.2 Å². The van der Waals surface area contributed by atoms with Crippen LogP contribution in [0, 0.1) is 0 Å². The molecule has 170 valence electrons. The molecule has 32 heavy (non-hydrogen) atoms. The molecule has 0 aliphatic carbocycles. The van der Waals surface area contributed by atoms with Gasteiger partial charge in [-0.25, -0.2) is 0 Å². The van der Waals surface area contributed by atoms with Gasteiger partial charge in [0.15, 0.2) is 0 Å². The summed E-state index contributed by atoms with van der Waals surface area (Å²) in [6, 6.07) is 5.18. The summed E-state index contributed by atoms with van der Waals surface area (Å²) in [4.78, 5) is 8.98. The van der Waals surface area contributed by atoms with E-state index >= 15 is 0 Å². The maximum absolute atomic E-state index is 13.1. The summed E-state index contributed by atoms with van der Waals surface area (Å²) < 4.78 is 39.3. The van der Waals surface area contributed by atoms with Gasteiger partial charge >= 0.3 is 6.18 Å². The highest BCUT2D eigenvalue weighted by atomic mass is 19.4. The fourth-order valence-electron chi connectivity index (χ4n) is 4.20. The smallest absolute Gasteiger partial charge is 0.416 e. The van der Waals surface area contributed by atoms with Gasteiger partial charge in [0.2, 0.25) is 0 Å². The predicted octanol–water partition coefficient (Wildman–Crippen LogP) is 4.51. The molecule has 4 rings (SSSR count). The van der Waals surface area contributed by atoms with Crippen LogP contribution in [0.4, 0.5) is 13.2 Å². The third kappa shape index (κ3) is 5.12. The quantitative estimate of drug-likeness (QED) is 0.652. The number of pyridine rings is 1. The van der Waals surface area contributed by atoms with Gasteiger partial charge in [0.05, 0.1) is 11.3 Å². The normalized spacial score (nSPS) is 23.3. The lowest BCUT2D eigenvalue weighted by Crippen LogP contribution is -2.29. The first kappa shape index (κ1) is 22.3. The summed E-state index contributed by atoms with van der Waals surface area (Å²) in [6.07, 6.45) is 5.80. The number of allylic oxidation sites excluding steroid dienone is 1. The average molecular weight is 445 g/mol. The molecule has 2 aromatic rings. The largest absolute Gasteiger partial charge is 0.507 e. The van der Waals surface area contributed by atoms with Crippen molar-refractivity contribution in [2.45, 2.75) is 44.3 Å². The van der Waals surface area contributed by atoms with Crippen LogP contribution in [0.2, 0.25) is 0 Å².